The summed E-state index contributed by atoms with van der Waals surface area (Å²) in [5.41, 5.74) is 4.22. The van der Waals surface area contributed by atoms with Gasteiger partial charge in [0.05, 0.1) is 5.41 Å². The Bertz CT molecular complexity index is 1040. The molecule has 5 heteroatoms. The third-order valence-corrected chi connectivity index (χ3v) is 6.18. The van der Waals surface area contributed by atoms with Gasteiger partial charge in [0.15, 0.2) is 0 Å². The lowest BCUT2D eigenvalue weighted by Crippen LogP contribution is -2.53. The van der Waals surface area contributed by atoms with E-state index in [0.29, 0.717) is 13.0 Å². The highest BCUT2D eigenvalue weighted by atomic mass is 16.2. The monoisotopic (exact) mass is 426 g/mol. The van der Waals surface area contributed by atoms with Crippen molar-refractivity contribution in [3.05, 3.63) is 97.1 Å². The van der Waals surface area contributed by atoms with Gasteiger partial charge in [-0.3, -0.25) is 19.7 Å². The van der Waals surface area contributed by atoms with Gasteiger partial charge in [-0.05, 0) is 72.3 Å². The fourth-order valence-electron chi connectivity index (χ4n) is 4.67. The summed E-state index contributed by atoms with van der Waals surface area (Å²) in [7, 11) is 0. The van der Waals surface area contributed by atoms with E-state index in [0.717, 1.165) is 43.6 Å². The number of carbonyl (C=O) groups excluding carboxylic acids is 1. The minimum atomic E-state index is -0.467. The molecule has 0 aliphatic carbocycles. The summed E-state index contributed by atoms with van der Waals surface area (Å²) < 4.78 is 0. The normalized spacial score (nSPS) is 18.8. The Balaban J connectivity index is 1.59. The molecule has 1 atom stereocenters. The molecular weight excluding hydrogens is 396 g/mol. The minimum absolute atomic E-state index is 0.117. The molecule has 0 saturated carbocycles. The Hall–Kier alpha value is -3.31. The molecule has 0 radical (unpaired) electrons. The maximum Gasteiger partial charge on any atom is 0.228 e. The van der Waals surface area contributed by atoms with Crippen LogP contribution >= 0.6 is 0 Å². The van der Waals surface area contributed by atoms with Crippen LogP contribution in [0.2, 0.25) is 0 Å². The maximum atomic E-state index is 13.4. The van der Waals surface area contributed by atoms with E-state index >= 15 is 0 Å². The number of amides is 1. The molecule has 1 saturated heterocycles. The third-order valence-electron chi connectivity index (χ3n) is 6.18. The zero-order valence-electron chi connectivity index (χ0n) is 18.4. The predicted molar refractivity (Wildman–Crippen MR) is 128 cm³/mol. The smallest absolute Gasteiger partial charge is 0.228 e. The zero-order chi connectivity index (χ0) is 22.2. The van der Waals surface area contributed by atoms with Crippen molar-refractivity contribution in [1.29, 1.82) is 0 Å². The van der Waals surface area contributed by atoms with Crippen LogP contribution < -0.4 is 5.32 Å². The molecule has 4 rings (SSSR count). The Morgan fingerprint density at radius 2 is 1.78 bits per heavy atom. The van der Waals surface area contributed by atoms with Gasteiger partial charge in [-0.25, -0.2) is 0 Å². The highest BCUT2D eigenvalue weighted by Crippen LogP contribution is 2.35. The average Bonchev–Trinajstić information content (AvgIpc) is 2.84. The van der Waals surface area contributed by atoms with Gasteiger partial charge in [-0.2, -0.15) is 0 Å². The molecule has 1 N–H and O–H groups in total. The molecule has 32 heavy (non-hydrogen) atoms. The number of benzene rings is 1. The summed E-state index contributed by atoms with van der Waals surface area (Å²) in [6.07, 6.45) is 11.6. The number of likely N-dealkylation sites (tertiary alicyclic amines) is 1. The number of nitrogens with one attached hydrogen (secondary N) is 1. The van der Waals surface area contributed by atoms with Crippen LogP contribution in [-0.4, -0.2) is 40.4 Å². The maximum absolute atomic E-state index is 13.4. The molecule has 1 aromatic carbocycles. The van der Waals surface area contributed by atoms with Crippen molar-refractivity contribution in [2.24, 2.45) is 5.41 Å². The highest BCUT2D eigenvalue weighted by molar-refractivity contribution is 5.83. The van der Waals surface area contributed by atoms with Crippen LogP contribution in [0.25, 0.3) is 11.1 Å². The molecule has 1 fully saturated rings. The molecule has 1 amide bonds. The summed E-state index contributed by atoms with van der Waals surface area (Å²) in [6.45, 7) is 6.81. The molecule has 0 spiro atoms. The van der Waals surface area contributed by atoms with Crippen LogP contribution in [0, 0.1) is 5.41 Å². The highest BCUT2D eigenvalue weighted by Gasteiger charge is 2.42. The number of carbonyl (C=O) groups is 1. The lowest BCUT2D eigenvalue weighted by molar-refractivity contribution is -0.134. The first-order valence-electron chi connectivity index (χ1n) is 11.2. The fraction of sp³-hybridized carbons (Fsp3) is 0.296. The van der Waals surface area contributed by atoms with Crippen LogP contribution in [0.4, 0.5) is 0 Å². The Morgan fingerprint density at radius 1 is 1.03 bits per heavy atom. The number of piperidine rings is 1. The summed E-state index contributed by atoms with van der Waals surface area (Å²) in [4.78, 5) is 24.1. The largest absolute Gasteiger partial charge is 0.352 e. The van der Waals surface area contributed by atoms with Crippen LogP contribution in [0.1, 0.15) is 24.0 Å². The van der Waals surface area contributed by atoms with Crippen molar-refractivity contribution in [3.8, 4) is 11.1 Å². The number of rotatable bonds is 8. The SMILES string of the molecule is C=CCNC(=O)[C@@]1(Cc2cccc(-c3ccncc3)c2)CCCN(Cc2ccncc2)C1. The first-order valence-corrected chi connectivity index (χ1v) is 11.2. The van der Waals surface area contributed by atoms with Gasteiger partial charge >= 0.3 is 0 Å². The van der Waals surface area contributed by atoms with Crippen molar-refractivity contribution in [3.63, 3.8) is 0 Å². The summed E-state index contributed by atoms with van der Waals surface area (Å²) >= 11 is 0. The van der Waals surface area contributed by atoms with Crippen molar-refractivity contribution < 1.29 is 4.79 Å². The lowest BCUT2D eigenvalue weighted by Gasteiger charge is -2.42. The molecule has 164 valence electrons. The van der Waals surface area contributed by atoms with E-state index in [1.165, 1.54) is 11.1 Å². The van der Waals surface area contributed by atoms with E-state index < -0.39 is 5.41 Å². The Labute approximate surface area is 190 Å². The Morgan fingerprint density at radius 3 is 2.53 bits per heavy atom. The standard InChI is InChI=1S/C27H30N4O/c1-2-12-30-26(32)27(11-4-17-31(21-27)20-22-7-13-28-14-8-22)19-23-5-3-6-25(18-23)24-9-15-29-16-10-24/h2-3,5-10,13-16,18H,1,4,11-12,17,19-21H2,(H,30,32)/t27-/m1/s1. The van der Waals surface area contributed by atoms with Gasteiger partial charge in [-0.1, -0.05) is 30.3 Å². The summed E-state index contributed by atoms with van der Waals surface area (Å²) in [5, 5.41) is 3.09. The molecule has 0 bridgehead atoms. The number of pyridine rings is 2. The quantitative estimate of drug-likeness (QED) is 0.547. The van der Waals surface area contributed by atoms with Crippen LogP contribution in [0.5, 0.6) is 0 Å². The molecule has 3 aromatic rings. The molecule has 3 heterocycles. The molecule has 1 aliphatic rings. The number of aromatic nitrogens is 2. The topological polar surface area (TPSA) is 58.1 Å². The molecule has 0 unspecified atom stereocenters. The lowest BCUT2D eigenvalue weighted by atomic mass is 9.74. The van der Waals surface area contributed by atoms with E-state index in [2.05, 4.69) is 51.0 Å². The van der Waals surface area contributed by atoms with Crippen molar-refractivity contribution in [1.82, 2.24) is 20.2 Å². The van der Waals surface area contributed by atoms with E-state index in [-0.39, 0.29) is 5.91 Å². The summed E-state index contributed by atoms with van der Waals surface area (Å²) in [5.74, 6) is 0.117. The number of nitrogens with zero attached hydrogens (tertiary/aromatic N) is 3. The molecule has 2 aromatic heterocycles. The Kier molecular flexibility index (Phi) is 7.07. The first-order chi connectivity index (χ1) is 15.7. The third kappa shape index (κ3) is 5.29. The first kappa shape index (κ1) is 21.9. The number of hydrogen-bond donors (Lipinski definition) is 1. The zero-order valence-corrected chi connectivity index (χ0v) is 18.4. The van der Waals surface area contributed by atoms with Gasteiger partial charge in [0, 0.05) is 44.4 Å². The van der Waals surface area contributed by atoms with E-state index in [1.807, 2.05) is 49.1 Å². The van der Waals surface area contributed by atoms with Crippen LogP contribution in [-0.2, 0) is 17.8 Å². The molecular formula is C27H30N4O. The van der Waals surface area contributed by atoms with Gasteiger partial charge in [0.2, 0.25) is 5.91 Å². The average molecular weight is 427 g/mol. The van der Waals surface area contributed by atoms with Crippen molar-refractivity contribution in [2.75, 3.05) is 19.6 Å². The molecule has 5 nitrogen and oxygen atoms in total. The van der Waals surface area contributed by atoms with Gasteiger partial charge in [0.1, 0.15) is 0 Å². The summed E-state index contributed by atoms with van der Waals surface area (Å²) in [6, 6.07) is 16.7. The second kappa shape index (κ2) is 10.3. The van der Waals surface area contributed by atoms with Crippen LogP contribution in [0.3, 0.4) is 0 Å². The molecule has 1 aliphatic heterocycles. The number of hydrogen-bond acceptors (Lipinski definition) is 4. The van der Waals surface area contributed by atoms with E-state index in [4.69, 9.17) is 0 Å². The second-order valence-corrected chi connectivity index (χ2v) is 8.56. The van der Waals surface area contributed by atoms with Crippen LogP contribution in [0.15, 0.2) is 86.0 Å². The second-order valence-electron chi connectivity index (χ2n) is 8.56. The van der Waals surface area contributed by atoms with Crippen molar-refractivity contribution in [2.45, 2.75) is 25.8 Å². The van der Waals surface area contributed by atoms with Gasteiger partial charge in [0.25, 0.3) is 0 Å². The fourth-order valence-corrected chi connectivity index (χ4v) is 4.67. The van der Waals surface area contributed by atoms with Gasteiger partial charge < -0.3 is 5.32 Å². The van der Waals surface area contributed by atoms with E-state index in [1.54, 1.807) is 6.08 Å². The van der Waals surface area contributed by atoms with Crippen molar-refractivity contribution >= 4 is 5.91 Å². The van der Waals surface area contributed by atoms with E-state index in [9.17, 15) is 4.79 Å². The minimum Gasteiger partial charge on any atom is -0.352 e. The predicted octanol–water partition coefficient (Wildman–Crippen LogP) is 4.27. The van der Waals surface area contributed by atoms with Gasteiger partial charge in [-0.15, -0.1) is 6.58 Å².